The quantitative estimate of drug-likeness (QED) is 0.557. The van der Waals surface area contributed by atoms with Gasteiger partial charge in [0.1, 0.15) is 0 Å². The Morgan fingerprint density at radius 3 is 2.59 bits per heavy atom. The average molecular weight is 291 g/mol. The van der Waals surface area contributed by atoms with Gasteiger partial charge < -0.3 is 5.43 Å². The van der Waals surface area contributed by atoms with E-state index < -0.39 is 0 Å². The molecule has 0 fully saturated rings. The van der Waals surface area contributed by atoms with Gasteiger partial charge in [-0.2, -0.15) is 0 Å². The second-order valence-electron chi connectivity index (χ2n) is 5.34. The highest BCUT2D eigenvalue weighted by atomic mass is 16.6. The Morgan fingerprint density at radius 2 is 1.77 bits per heavy atom. The minimum Gasteiger partial charge on any atom is -0.320 e. The maximum Gasteiger partial charge on any atom is 0.269 e. The predicted octanol–water partition coefficient (Wildman–Crippen LogP) is 3.77. The number of non-ortho nitro benzene ring substituents is 1. The molecule has 108 valence electrons. The largest absolute Gasteiger partial charge is 0.320 e. The number of nitrogens with one attached hydrogen (secondary N) is 2. The first-order valence-corrected chi connectivity index (χ1v) is 7.01. The summed E-state index contributed by atoms with van der Waals surface area (Å²) in [5.41, 5.74) is 9.24. The lowest BCUT2D eigenvalue weighted by atomic mass is 9.96. The fourth-order valence-corrected chi connectivity index (χ4v) is 2.89. The fourth-order valence-electron chi connectivity index (χ4n) is 2.89. The highest BCUT2D eigenvalue weighted by Crippen LogP contribution is 2.36. The van der Waals surface area contributed by atoms with Crippen LogP contribution in [0.1, 0.15) is 17.2 Å². The molecule has 0 amide bonds. The molecule has 1 atom stereocenters. The summed E-state index contributed by atoms with van der Waals surface area (Å²) in [6.07, 6.45) is 0. The van der Waals surface area contributed by atoms with Gasteiger partial charge in [0.25, 0.3) is 5.69 Å². The number of nitrogens with zero attached hydrogens (tertiary/aromatic N) is 1. The van der Waals surface area contributed by atoms with Crippen LogP contribution in [-0.4, -0.2) is 4.92 Å². The van der Waals surface area contributed by atoms with Crippen LogP contribution in [0.2, 0.25) is 0 Å². The van der Waals surface area contributed by atoms with Crippen molar-refractivity contribution in [1.29, 1.82) is 0 Å². The van der Waals surface area contributed by atoms with E-state index in [1.54, 1.807) is 12.1 Å². The molecule has 5 nitrogen and oxygen atoms in total. The third-order valence-electron chi connectivity index (χ3n) is 4.02. The Balaban J connectivity index is 1.81. The van der Waals surface area contributed by atoms with Crippen molar-refractivity contribution in [3.8, 4) is 0 Å². The van der Waals surface area contributed by atoms with Crippen molar-refractivity contribution < 1.29 is 4.92 Å². The molecular weight excluding hydrogens is 278 g/mol. The van der Waals surface area contributed by atoms with Crippen LogP contribution in [0.4, 0.5) is 11.4 Å². The van der Waals surface area contributed by atoms with Crippen molar-refractivity contribution in [3.05, 3.63) is 81.9 Å². The normalized spacial score (nSPS) is 16.3. The van der Waals surface area contributed by atoms with Gasteiger partial charge in [-0.05, 0) is 28.5 Å². The van der Waals surface area contributed by atoms with Crippen molar-refractivity contribution in [1.82, 2.24) is 5.43 Å². The SMILES string of the molecule is O=[N+]([O-])c1ccc2c(c1)C(c1ccc3ccccc3c1)NN2. The molecule has 3 aromatic rings. The van der Waals surface area contributed by atoms with E-state index in [4.69, 9.17) is 0 Å². The van der Waals surface area contributed by atoms with Gasteiger partial charge in [-0.1, -0.05) is 36.4 Å². The summed E-state index contributed by atoms with van der Waals surface area (Å²) < 4.78 is 0. The Kier molecular flexibility index (Phi) is 2.80. The van der Waals surface area contributed by atoms with Crippen molar-refractivity contribution in [3.63, 3.8) is 0 Å². The van der Waals surface area contributed by atoms with E-state index in [9.17, 15) is 10.1 Å². The Labute approximate surface area is 126 Å². The van der Waals surface area contributed by atoms with Gasteiger partial charge in [0.15, 0.2) is 0 Å². The number of nitro benzene ring substituents is 1. The Hall–Kier alpha value is -2.92. The van der Waals surface area contributed by atoms with E-state index in [0.29, 0.717) is 0 Å². The molecule has 1 aliphatic rings. The molecular formula is C17H13N3O2. The van der Waals surface area contributed by atoms with Crippen molar-refractivity contribution in [2.75, 3.05) is 5.43 Å². The van der Waals surface area contributed by atoms with Crippen LogP contribution in [0.15, 0.2) is 60.7 Å². The molecule has 4 rings (SSSR count). The van der Waals surface area contributed by atoms with Crippen LogP contribution in [-0.2, 0) is 0 Å². The van der Waals surface area contributed by atoms with Crippen LogP contribution < -0.4 is 10.9 Å². The molecule has 0 radical (unpaired) electrons. The summed E-state index contributed by atoms with van der Waals surface area (Å²) in [5, 5.41) is 13.3. The van der Waals surface area contributed by atoms with Gasteiger partial charge in [-0.15, -0.1) is 0 Å². The van der Waals surface area contributed by atoms with Crippen molar-refractivity contribution in [2.45, 2.75) is 6.04 Å². The average Bonchev–Trinajstić information content (AvgIpc) is 2.97. The molecule has 0 aromatic heterocycles. The second kappa shape index (κ2) is 4.82. The molecule has 0 aliphatic carbocycles. The van der Waals surface area contributed by atoms with E-state index in [2.05, 4.69) is 41.2 Å². The summed E-state index contributed by atoms with van der Waals surface area (Å²) in [5.74, 6) is 0. The van der Waals surface area contributed by atoms with Crippen molar-refractivity contribution in [2.24, 2.45) is 0 Å². The van der Waals surface area contributed by atoms with Gasteiger partial charge >= 0.3 is 0 Å². The van der Waals surface area contributed by atoms with Gasteiger partial charge in [0.05, 0.1) is 16.7 Å². The van der Waals surface area contributed by atoms with Crippen LogP contribution in [0.5, 0.6) is 0 Å². The maximum atomic E-state index is 11.0. The zero-order valence-corrected chi connectivity index (χ0v) is 11.6. The molecule has 0 bridgehead atoms. The van der Waals surface area contributed by atoms with Gasteiger partial charge in [0, 0.05) is 17.7 Å². The molecule has 2 N–H and O–H groups in total. The molecule has 5 heteroatoms. The lowest BCUT2D eigenvalue weighted by Gasteiger charge is -2.12. The van der Waals surface area contributed by atoms with E-state index in [0.717, 1.165) is 22.2 Å². The standard InChI is InChI=1S/C17H13N3O2/c21-20(22)14-7-8-16-15(10-14)17(19-18-16)13-6-5-11-3-1-2-4-12(11)9-13/h1-10,17-19H. The van der Waals surface area contributed by atoms with E-state index in [1.807, 2.05) is 12.1 Å². The summed E-state index contributed by atoms with van der Waals surface area (Å²) >= 11 is 0. The molecule has 22 heavy (non-hydrogen) atoms. The van der Waals surface area contributed by atoms with Gasteiger partial charge in [-0.25, -0.2) is 5.43 Å². The number of hydrogen-bond donors (Lipinski definition) is 2. The molecule has 0 spiro atoms. The first kappa shape index (κ1) is 12.8. The Bertz CT molecular complexity index is 892. The molecule has 1 aliphatic heterocycles. The number of fused-ring (bicyclic) bond motifs is 2. The fraction of sp³-hybridized carbons (Fsp3) is 0.0588. The maximum absolute atomic E-state index is 11.0. The number of anilines is 1. The van der Waals surface area contributed by atoms with Gasteiger partial charge in [-0.3, -0.25) is 10.1 Å². The lowest BCUT2D eigenvalue weighted by Crippen LogP contribution is -2.19. The highest BCUT2D eigenvalue weighted by molar-refractivity contribution is 5.83. The van der Waals surface area contributed by atoms with Crippen LogP contribution in [0.25, 0.3) is 10.8 Å². The molecule has 1 heterocycles. The summed E-state index contributed by atoms with van der Waals surface area (Å²) in [7, 11) is 0. The minimum absolute atomic E-state index is 0.0977. The molecule has 0 saturated heterocycles. The van der Waals surface area contributed by atoms with E-state index in [-0.39, 0.29) is 16.7 Å². The number of hydrazine groups is 1. The Morgan fingerprint density at radius 1 is 0.955 bits per heavy atom. The zero-order chi connectivity index (χ0) is 15.1. The first-order chi connectivity index (χ1) is 10.7. The smallest absolute Gasteiger partial charge is 0.269 e. The lowest BCUT2D eigenvalue weighted by molar-refractivity contribution is -0.384. The molecule has 0 saturated carbocycles. The van der Waals surface area contributed by atoms with Crippen LogP contribution in [0.3, 0.4) is 0 Å². The molecule has 1 unspecified atom stereocenters. The minimum atomic E-state index is -0.365. The predicted molar refractivity (Wildman–Crippen MR) is 85.6 cm³/mol. The van der Waals surface area contributed by atoms with Crippen LogP contribution >= 0.6 is 0 Å². The third kappa shape index (κ3) is 1.99. The zero-order valence-electron chi connectivity index (χ0n) is 11.6. The monoisotopic (exact) mass is 291 g/mol. The van der Waals surface area contributed by atoms with Crippen molar-refractivity contribution >= 4 is 22.1 Å². The van der Waals surface area contributed by atoms with Gasteiger partial charge in [0.2, 0.25) is 0 Å². The van der Waals surface area contributed by atoms with E-state index >= 15 is 0 Å². The summed E-state index contributed by atoms with van der Waals surface area (Å²) in [6.45, 7) is 0. The highest BCUT2D eigenvalue weighted by Gasteiger charge is 2.25. The third-order valence-corrected chi connectivity index (χ3v) is 4.02. The summed E-state index contributed by atoms with van der Waals surface area (Å²) in [6, 6.07) is 19.2. The number of hydrogen-bond acceptors (Lipinski definition) is 4. The number of benzene rings is 3. The second-order valence-corrected chi connectivity index (χ2v) is 5.34. The number of nitro groups is 1. The first-order valence-electron chi connectivity index (χ1n) is 7.01. The summed E-state index contributed by atoms with van der Waals surface area (Å²) in [4.78, 5) is 10.6. The van der Waals surface area contributed by atoms with E-state index in [1.165, 1.54) is 11.5 Å². The van der Waals surface area contributed by atoms with Crippen LogP contribution in [0, 0.1) is 10.1 Å². The topological polar surface area (TPSA) is 67.2 Å². The molecule has 3 aromatic carbocycles. The number of rotatable bonds is 2.